The maximum Gasteiger partial charge on any atom is 0.304 e. The highest BCUT2D eigenvalue weighted by Gasteiger charge is 2.17. The second-order valence-electron chi connectivity index (χ2n) is 3.69. The van der Waals surface area contributed by atoms with Gasteiger partial charge in [0.05, 0.1) is 6.42 Å². The van der Waals surface area contributed by atoms with Crippen LogP contribution >= 0.6 is 0 Å². The maximum absolute atomic E-state index is 10.9. The number of nitrogens with one attached hydrogen (secondary N) is 1. The first-order valence-corrected chi connectivity index (χ1v) is 5.17. The molecule has 3 heteroatoms. The summed E-state index contributed by atoms with van der Waals surface area (Å²) in [5.41, 5.74) is 1.96. The Morgan fingerprint density at radius 1 is 1.19 bits per heavy atom. The third-order valence-corrected chi connectivity index (χ3v) is 2.58. The van der Waals surface area contributed by atoms with E-state index in [9.17, 15) is 4.79 Å². The van der Waals surface area contributed by atoms with E-state index in [1.165, 1.54) is 0 Å². The van der Waals surface area contributed by atoms with Crippen molar-refractivity contribution >= 4 is 5.97 Å². The fourth-order valence-corrected chi connectivity index (χ4v) is 1.83. The molecule has 0 saturated carbocycles. The normalized spacial score (nSPS) is 12.2. The Kier molecular flexibility index (Phi) is 3.05. The van der Waals surface area contributed by atoms with Crippen molar-refractivity contribution in [1.82, 2.24) is 4.98 Å². The van der Waals surface area contributed by atoms with Crippen LogP contribution in [-0.2, 0) is 4.79 Å². The number of rotatable bonds is 4. The first-order chi connectivity index (χ1) is 7.77. The van der Waals surface area contributed by atoms with Crippen molar-refractivity contribution in [1.29, 1.82) is 0 Å². The van der Waals surface area contributed by atoms with Gasteiger partial charge in [0.25, 0.3) is 0 Å². The maximum atomic E-state index is 10.9. The number of carboxylic acid groups (broad SMARTS) is 1. The van der Waals surface area contributed by atoms with Gasteiger partial charge in [0.1, 0.15) is 0 Å². The summed E-state index contributed by atoms with van der Waals surface area (Å²) >= 11 is 0. The molecule has 1 heterocycles. The van der Waals surface area contributed by atoms with E-state index in [1.807, 2.05) is 48.7 Å². The van der Waals surface area contributed by atoms with E-state index in [0.717, 1.165) is 11.3 Å². The van der Waals surface area contributed by atoms with Gasteiger partial charge in [0, 0.05) is 17.8 Å². The highest BCUT2D eigenvalue weighted by atomic mass is 16.4. The number of H-pyrrole nitrogens is 1. The minimum absolute atomic E-state index is 0.102. The predicted octanol–water partition coefficient (Wildman–Crippen LogP) is 2.62. The van der Waals surface area contributed by atoms with Gasteiger partial charge in [-0.05, 0) is 17.7 Å². The Morgan fingerprint density at radius 3 is 2.50 bits per heavy atom. The Labute approximate surface area is 93.7 Å². The molecule has 1 atom stereocenters. The van der Waals surface area contributed by atoms with E-state index in [-0.39, 0.29) is 12.3 Å². The zero-order chi connectivity index (χ0) is 11.4. The average Bonchev–Trinajstić information content (AvgIpc) is 2.80. The Bertz CT molecular complexity index is 448. The zero-order valence-corrected chi connectivity index (χ0v) is 8.76. The molecule has 82 valence electrons. The van der Waals surface area contributed by atoms with Crippen LogP contribution in [0.4, 0.5) is 0 Å². The first-order valence-electron chi connectivity index (χ1n) is 5.17. The molecular formula is C13H13NO2. The molecule has 2 rings (SSSR count). The van der Waals surface area contributed by atoms with E-state index >= 15 is 0 Å². The summed E-state index contributed by atoms with van der Waals surface area (Å²) in [6, 6.07) is 13.5. The quantitative estimate of drug-likeness (QED) is 0.823. The Hall–Kier alpha value is -2.03. The molecule has 2 aromatic rings. The molecule has 1 aromatic carbocycles. The van der Waals surface area contributed by atoms with Crippen LogP contribution in [0, 0.1) is 0 Å². The largest absolute Gasteiger partial charge is 0.481 e. The van der Waals surface area contributed by atoms with Crippen molar-refractivity contribution in [2.75, 3.05) is 0 Å². The van der Waals surface area contributed by atoms with Crippen LogP contribution in [0.3, 0.4) is 0 Å². The lowest BCUT2D eigenvalue weighted by atomic mass is 9.93. The van der Waals surface area contributed by atoms with Crippen LogP contribution in [0.5, 0.6) is 0 Å². The van der Waals surface area contributed by atoms with Gasteiger partial charge in [-0.1, -0.05) is 30.3 Å². The standard InChI is InChI=1S/C13H13NO2/c15-13(16)9-11(12-7-4-8-14-12)10-5-2-1-3-6-10/h1-8,11,14H,9H2,(H,15,16). The lowest BCUT2D eigenvalue weighted by Gasteiger charge is -2.13. The third-order valence-electron chi connectivity index (χ3n) is 2.58. The third kappa shape index (κ3) is 2.31. The Morgan fingerprint density at radius 2 is 1.94 bits per heavy atom. The molecule has 0 fully saturated rings. The number of carbonyl (C=O) groups is 1. The second-order valence-corrected chi connectivity index (χ2v) is 3.69. The van der Waals surface area contributed by atoms with Gasteiger partial charge in [-0.25, -0.2) is 0 Å². The van der Waals surface area contributed by atoms with Gasteiger partial charge >= 0.3 is 5.97 Å². The van der Waals surface area contributed by atoms with Gasteiger partial charge in [0.15, 0.2) is 0 Å². The van der Waals surface area contributed by atoms with Crippen LogP contribution in [0.1, 0.15) is 23.6 Å². The summed E-state index contributed by atoms with van der Waals surface area (Å²) in [7, 11) is 0. The van der Waals surface area contributed by atoms with Crippen LogP contribution < -0.4 is 0 Å². The van der Waals surface area contributed by atoms with Crippen molar-refractivity contribution in [3.8, 4) is 0 Å². The summed E-state index contributed by atoms with van der Waals surface area (Å²) in [6.07, 6.45) is 1.91. The lowest BCUT2D eigenvalue weighted by molar-refractivity contribution is -0.137. The lowest BCUT2D eigenvalue weighted by Crippen LogP contribution is -2.08. The number of hydrogen-bond donors (Lipinski definition) is 2. The van der Waals surface area contributed by atoms with E-state index in [0.29, 0.717) is 0 Å². The van der Waals surface area contributed by atoms with Crippen molar-refractivity contribution in [3.05, 3.63) is 59.9 Å². The number of aromatic amines is 1. The monoisotopic (exact) mass is 215 g/mol. The molecule has 16 heavy (non-hydrogen) atoms. The van der Waals surface area contributed by atoms with E-state index < -0.39 is 5.97 Å². The number of aromatic nitrogens is 1. The summed E-state index contributed by atoms with van der Waals surface area (Å²) in [5.74, 6) is -0.892. The topological polar surface area (TPSA) is 53.1 Å². The molecule has 3 nitrogen and oxygen atoms in total. The predicted molar refractivity (Wildman–Crippen MR) is 61.3 cm³/mol. The van der Waals surface area contributed by atoms with Crippen molar-refractivity contribution in [2.45, 2.75) is 12.3 Å². The summed E-state index contributed by atoms with van der Waals surface area (Å²) in [6.45, 7) is 0. The highest BCUT2D eigenvalue weighted by molar-refractivity contribution is 5.68. The summed E-state index contributed by atoms with van der Waals surface area (Å²) < 4.78 is 0. The average molecular weight is 215 g/mol. The minimum atomic E-state index is -0.788. The van der Waals surface area contributed by atoms with Crippen molar-refractivity contribution in [2.24, 2.45) is 0 Å². The van der Waals surface area contributed by atoms with Gasteiger partial charge in [-0.2, -0.15) is 0 Å². The number of aliphatic carboxylic acids is 1. The van der Waals surface area contributed by atoms with E-state index in [2.05, 4.69) is 4.98 Å². The number of benzene rings is 1. The molecule has 1 aromatic heterocycles. The summed E-state index contributed by atoms with van der Waals surface area (Å²) in [5, 5.41) is 8.93. The van der Waals surface area contributed by atoms with Gasteiger partial charge in [-0.3, -0.25) is 4.79 Å². The van der Waals surface area contributed by atoms with Crippen molar-refractivity contribution in [3.63, 3.8) is 0 Å². The molecule has 1 unspecified atom stereocenters. The minimum Gasteiger partial charge on any atom is -0.481 e. The molecule has 0 saturated heterocycles. The van der Waals surface area contributed by atoms with Gasteiger partial charge in [-0.15, -0.1) is 0 Å². The zero-order valence-electron chi connectivity index (χ0n) is 8.76. The van der Waals surface area contributed by atoms with Crippen LogP contribution in [-0.4, -0.2) is 16.1 Å². The molecule has 2 N–H and O–H groups in total. The molecular weight excluding hydrogens is 202 g/mol. The molecule has 0 aliphatic heterocycles. The SMILES string of the molecule is O=C(O)CC(c1ccccc1)c1ccc[nH]1. The van der Waals surface area contributed by atoms with Gasteiger partial charge in [0.2, 0.25) is 0 Å². The fraction of sp³-hybridized carbons (Fsp3) is 0.154. The number of hydrogen-bond acceptors (Lipinski definition) is 1. The van der Waals surface area contributed by atoms with Gasteiger partial charge < -0.3 is 10.1 Å². The van der Waals surface area contributed by atoms with E-state index in [1.54, 1.807) is 0 Å². The highest BCUT2D eigenvalue weighted by Crippen LogP contribution is 2.26. The molecule has 0 radical (unpaired) electrons. The second kappa shape index (κ2) is 4.66. The van der Waals surface area contributed by atoms with E-state index in [4.69, 9.17) is 5.11 Å². The van der Waals surface area contributed by atoms with Crippen molar-refractivity contribution < 1.29 is 9.90 Å². The molecule has 0 aliphatic rings. The number of carboxylic acids is 1. The molecule has 0 bridgehead atoms. The van der Waals surface area contributed by atoms with Crippen LogP contribution in [0.2, 0.25) is 0 Å². The summed E-state index contributed by atoms with van der Waals surface area (Å²) in [4.78, 5) is 13.9. The molecule has 0 spiro atoms. The smallest absolute Gasteiger partial charge is 0.304 e. The molecule has 0 aliphatic carbocycles. The Balaban J connectivity index is 2.32. The molecule has 0 amide bonds. The fourth-order valence-electron chi connectivity index (χ4n) is 1.83. The first kappa shape index (κ1) is 10.5. The van der Waals surface area contributed by atoms with Crippen LogP contribution in [0.15, 0.2) is 48.7 Å². The van der Waals surface area contributed by atoms with Crippen LogP contribution in [0.25, 0.3) is 0 Å².